The maximum atomic E-state index is 12.2. The number of rotatable bonds is 4. The van der Waals surface area contributed by atoms with Gasteiger partial charge in [0.15, 0.2) is 0 Å². The first-order chi connectivity index (χ1) is 11.7. The summed E-state index contributed by atoms with van der Waals surface area (Å²) >= 11 is 3.46. The van der Waals surface area contributed by atoms with Gasteiger partial charge in [-0.3, -0.25) is 4.99 Å². The minimum atomic E-state index is -0.391. The normalized spacial score (nSPS) is 10.7. The quantitative estimate of drug-likeness (QED) is 0.344. The second-order valence-corrected chi connectivity index (χ2v) is 5.89. The summed E-state index contributed by atoms with van der Waals surface area (Å²) in [5, 5.41) is 0. The lowest BCUT2D eigenvalue weighted by atomic mass is 10.1. The molecule has 0 heterocycles. The Bertz CT molecular complexity index is 876. The van der Waals surface area contributed by atoms with Crippen molar-refractivity contribution in [3.8, 4) is 5.75 Å². The van der Waals surface area contributed by atoms with E-state index < -0.39 is 5.97 Å². The van der Waals surface area contributed by atoms with E-state index in [9.17, 15) is 4.79 Å². The van der Waals surface area contributed by atoms with E-state index in [0.717, 1.165) is 15.7 Å². The summed E-state index contributed by atoms with van der Waals surface area (Å²) in [6, 6.07) is 23.9. The molecule has 0 amide bonds. The first kappa shape index (κ1) is 16.1. The van der Waals surface area contributed by atoms with Gasteiger partial charge in [0.1, 0.15) is 5.75 Å². The molecule has 0 unspecified atom stereocenters. The number of carbonyl (C=O) groups excluding carboxylic acids is 1. The molecule has 0 saturated heterocycles. The number of para-hydroxylation sites is 2. The number of nitrogens with zero attached hydrogens (tertiary/aromatic N) is 1. The average molecular weight is 380 g/mol. The number of hydrogen-bond donors (Lipinski definition) is 0. The van der Waals surface area contributed by atoms with E-state index in [1.807, 2.05) is 54.6 Å². The van der Waals surface area contributed by atoms with Gasteiger partial charge >= 0.3 is 5.97 Å². The van der Waals surface area contributed by atoms with Crippen LogP contribution >= 0.6 is 15.9 Å². The molecule has 0 fully saturated rings. The largest absolute Gasteiger partial charge is 0.423 e. The van der Waals surface area contributed by atoms with Gasteiger partial charge in [-0.25, -0.2) is 4.79 Å². The molecule has 0 N–H and O–H groups in total. The molecule has 3 rings (SSSR count). The highest BCUT2D eigenvalue weighted by Crippen LogP contribution is 2.24. The molecule has 0 radical (unpaired) electrons. The van der Waals surface area contributed by atoms with Crippen LogP contribution in [0.3, 0.4) is 0 Å². The fourth-order valence-electron chi connectivity index (χ4n) is 2.10. The molecule has 0 aromatic heterocycles. The standard InChI is InChI=1S/C20H14BrNO2/c21-18-11-4-5-12-19(18)22-14-15-7-6-8-16(13-15)20(23)24-17-9-2-1-3-10-17/h1-14H. The van der Waals surface area contributed by atoms with Crippen molar-refractivity contribution in [1.82, 2.24) is 0 Å². The third-order valence-electron chi connectivity index (χ3n) is 3.28. The molecule has 0 spiro atoms. The van der Waals surface area contributed by atoms with Crippen LogP contribution in [0.25, 0.3) is 0 Å². The van der Waals surface area contributed by atoms with Crippen molar-refractivity contribution in [3.05, 3.63) is 94.5 Å². The van der Waals surface area contributed by atoms with E-state index in [1.165, 1.54) is 0 Å². The van der Waals surface area contributed by atoms with Crippen molar-refractivity contribution >= 4 is 33.8 Å². The summed E-state index contributed by atoms with van der Waals surface area (Å²) in [6.07, 6.45) is 1.72. The molecule has 24 heavy (non-hydrogen) atoms. The molecule has 3 nitrogen and oxygen atoms in total. The molecule has 3 aromatic rings. The van der Waals surface area contributed by atoms with Crippen LogP contribution in [0.1, 0.15) is 15.9 Å². The van der Waals surface area contributed by atoms with Crippen molar-refractivity contribution < 1.29 is 9.53 Å². The molecular formula is C20H14BrNO2. The molecule has 3 aromatic carbocycles. The molecule has 0 aliphatic carbocycles. The van der Waals surface area contributed by atoms with Crippen molar-refractivity contribution in [2.24, 2.45) is 4.99 Å². The van der Waals surface area contributed by atoms with Crippen molar-refractivity contribution in [1.29, 1.82) is 0 Å². The van der Waals surface area contributed by atoms with Gasteiger partial charge in [-0.05, 0) is 57.9 Å². The van der Waals surface area contributed by atoms with Crippen LogP contribution in [0.4, 0.5) is 5.69 Å². The average Bonchev–Trinajstić information content (AvgIpc) is 2.62. The molecule has 0 aliphatic heterocycles. The van der Waals surface area contributed by atoms with Gasteiger partial charge < -0.3 is 4.74 Å². The zero-order chi connectivity index (χ0) is 16.8. The Morgan fingerprint density at radius 1 is 0.917 bits per heavy atom. The Morgan fingerprint density at radius 3 is 2.46 bits per heavy atom. The predicted octanol–water partition coefficient (Wildman–Crippen LogP) is 5.42. The number of halogens is 1. The van der Waals surface area contributed by atoms with Crippen molar-refractivity contribution in [3.63, 3.8) is 0 Å². The highest BCUT2D eigenvalue weighted by atomic mass is 79.9. The van der Waals surface area contributed by atoms with Crippen LogP contribution < -0.4 is 4.74 Å². The van der Waals surface area contributed by atoms with Crippen molar-refractivity contribution in [2.45, 2.75) is 0 Å². The molecule has 4 heteroatoms. The molecule has 0 aliphatic rings. The van der Waals surface area contributed by atoms with Crippen LogP contribution in [0.5, 0.6) is 5.75 Å². The predicted molar refractivity (Wildman–Crippen MR) is 99.2 cm³/mol. The Morgan fingerprint density at radius 2 is 1.67 bits per heavy atom. The van der Waals surface area contributed by atoms with E-state index in [-0.39, 0.29) is 0 Å². The Kier molecular flexibility index (Phi) is 5.18. The fraction of sp³-hybridized carbons (Fsp3) is 0. The topological polar surface area (TPSA) is 38.7 Å². The first-order valence-corrected chi connectivity index (χ1v) is 8.17. The molecule has 0 atom stereocenters. The van der Waals surface area contributed by atoms with E-state index in [0.29, 0.717) is 11.3 Å². The van der Waals surface area contributed by atoms with Crippen LogP contribution in [0.15, 0.2) is 88.3 Å². The lowest BCUT2D eigenvalue weighted by Crippen LogP contribution is -2.08. The van der Waals surface area contributed by atoms with E-state index in [2.05, 4.69) is 20.9 Å². The molecule has 0 saturated carbocycles. The van der Waals surface area contributed by atoms with Crippen LogP contribution in [-0.2, 0) is 0 Å². The SMILES string of the molecule is O=C(Oc1ccccc1)c1cccc(C=Nc2ccccc2Br)c1. The lowest BCUT2D eigenvalue weighted by Gasteiger charge is -2.04. The Hall–Kier alpha value is -2.72. The van der Waals surface area contributed by atoms with E-state index >= 15 is 0 Å². The summed E-state index contributed by atoms with van der Waals surface area (Å²) in [4.78, 5) is 16.7. The van der Waals surface area contributed by atoms with Crippen LogP contribution in [0, 0.1) is 0 Å². The number of benzene rings is 3. The van der Waals surface area contributed by atoms with Gasteiger partial charge in [0.2, 0.25) is 0 Å². The Labute approximate surface area is 148 Å². The second-order valence-electron chi connectivity index (χ2n) is 5.04. The Balaban J connectivity index is 1.77. The van der Waals surface area contributed by atoms with Gasteiger partial charge in [-0.1, -0.05) is 42.5 Å². The molecular weight excluding hydrogens is 366 g/mol. The number of hydrogen-bond acceptors (Lipinski definition) is 3. The number of aliphatic imine (C=N–C) groups is 1. The van der Waals surface area contributed by atoms with Crippen LogP contribution in [-0.4, -0.2) is 12.2 Å². The number of ether oxygens (including phenoxy) is 1. The third kappa shape index (κ3) is 4.18. The fourth-order valence-corrected chi connectivity index (χ4v) is 2.49. The minimum Gasteiger partial charge on any atom is -0.423 e. The van der Waals surface area contributed by atoms with Crippen molar-refractivity contribution in [2.75, 3.05) is 0 Å². The smallest absolute Gasteiger partial charge is 0.343 e. The highest BCUT2D eigenvalue weighted by Gasteiger charge is 2.08. The number of carbonyl (C=O) groups is 1. The summed E-state index contributed by atoms with van der Waals surface area (Å²) in [7, 11) is 0. The number of esters is 1. The molecule has 0 bridgehead atoms. The van der Waals surface area contributed by atoms with E-state index in [1.54, 1.807) is 30.5 Å². The van der Waals surface area contributed by atoms with E-state index in [4.69, 9.17) is 4.74 Å². The minimum absolute atomic E-state index is 0.391. The van der Waals surface area contributed by atoms with Gasteiger partial charge in [-0.2, -0.15) is 0 Å². The maximum absolute atomic E-state index is 12.2. The van der Waals surface area contributed by atoms with Gasteiger partial charge in [0.05, 0.1) is 11.3 Å². The zero-order valence-corrected chi connectivity index (χ0v) is 14.3. The first-order valence-electron chi connectivity index (χ1n) is 7.38. The summed E-state index contributed by atoms with van der Waals surface area (Å²) in [5.74, 6) is 0.132. The summed E-state index contributed by atoms with van der Waals surface area (Å²) in [5.41, 5.74) is 2.14. The second kappa shape index (κ2) is 7.70. The highest BCUT2D eigenvalue weighted by molar-refractivity contribution is 9.10. The lowest BCUT2D eigenvalue weighted by molar-refractivity contribution is 0.0735. The van der Waals surface area contributed by atoms with Gasteiger partial charge in [0.25, 0.3) is 0 Å². The summed E-state index contributed by atoms with van der Waals surface area (Å²) < 4.78 is 6.26. The summed E-state index contributed by atoms with van der Waals surface area (Å²) in [6.45, 7) is 0. The maximum Gasteiger partial charge on any atom is 0.343 e. The third-order valence-corrected chi connectivity index (χ3v) is 3.95. The monoisotopic (exact) mass is 379 g/mol. The van der Waals surface area contributed by atoms with Gasteiger partial charge in [0, 0.05) is 10.7 Å². The van der Waals surface area contributed by atoms with Gasteiger partial charge in [-0.15, -0.1) is 0 Å². The molecule has 118 valence electrons. The van der Waals surface area contributed by atoms with Crippen LogP contribution in [0.2, 0.25) is 0 Å². The zero-order valence-electron chi connectivity index (χ0n) is 12.7.